The minimum absolute atomic E-state index is 0.221. The van der Waals surface area contributed by atoms with E-state index in [4.69, 9.17) is 0 Å². The second-order valence-electron chi connectivity index (χ2n) is 10.9. The number of rotatable bonds is 4. The average molecular weight is 379 g/mol. The molecule has 0 aliphatic heterocycles. The van der Waals surface area contributed by atoms with E-state index >= 15 is 0 Å². The van der Waals surface area contributed by atoms with Crippen molar-refractivity contribution in [3.8, 4) is 11.3 Å². The number of hydrogen-bond donors (Lipinski definition) is 0. The van der Waals surface area contributed by atoms with Crippen LogP contribution in [0.4, 0.5) is 0 Å². The number of benzene rings is 1. The predicted molar refractivity (Wildman–Crippen MR) is 121 cm³/mol. The van der Waals surface area contributed by atoms with Crippen LogP contribution in [0, 0.1) is 12.3 Å². The van der Waals surface area contributed by atoms with Crippen LogP contribution in [-0.2, 0) is 17.9 Å². The summed E-state index contributed by atoms with van der Waals surface area (Å²) in [6.07, 6.45) is 8.72. The first-order valence-corrected chi connectivity index (χ1v) is 11.1. The van der Waals surface area contributed by atoms with Gasteiger partial charge in [0, 0.05) is 17.2 Å². The van der Waals surface area contributed by atoms with Crippen molar-refractivity contribution in [3.05, 3.63) is 53.2 Å². The molecule has 0 amide bonds. The molecule has 1 saturated carbocycles. The highest BCUT2D eigenvalue weighted by Gasteiger charge is 2.36. The molecule has 3 rings (SSSR count). The van der Waals surface area contributed by atoms with Gasteiger partial charge in [0.1, 0.15) is 7.05 Å². The zero-order valence-corrected chi connectivity index (χ0v) is 19.4. The van der Waals surface area contributed by atoms with E-state index in [1.54, 1.807) is 0 Å². The lowest BCUT2D eigenvalue weighted by molar-refractivity contribution is -0.661. The van der Waals surface area contributed by atoms with Crippen molar-refractivity contribution >= 4 is 0 Å². The van der Waals surface area contributed by atoms with Crippen LogP contribution in [0.15, 0.2) is 36.5 Å². The van der Waals surface area contributed by atoms with E-state index in [0.29, 0.717) is 10.8 Å². The highest BCUT2D eigenvalue weighted by Crippen LogP contribution is 2.46. The number of aryl methyl sites for hydroxylation is 2. The van der Waals surface area contributed by atoms with Crippen LogP contribution < -0.4 is 4.57 Å². The van der Waals surface area contributed by atoms with Crippen molar-refractivity contribution in [2.75, 3.05) is 0 Å². The molecule has 2 aromatic rings. The fraction of sp³-hybridized carbons (Fsp3) is 0.593. The number of aromatic nitrogens is 1. The Hall–Kier alpha value is -1.63. The second-order valence-corrected chi connectivity index (χ2v) is 10.9. The fourth-order valence-electron chi connectivity index (χ4n) is 4.59. The van der Waals surface area contributed by atoms with Crippen LogP contribution in [0.3, 0.4) is 0 Å². The molecule has 1 aromatic heterocycles. The zero-order valence-electron chi connectivity index (χ0n) is 19.4. The molecule has 0 N–H and O–H groups in total. The molecule has 1 nitrogen and oxygen atoms in total. The summed E-state index contributed by atoms with van der Waals surface area (Å²) < 4.78 is 2.31. The van der Waals surface area contributed by atoms with E-state index in [0.717, 1.165) is 6.42 Å². The summed E-state index contributed by atoms with van der Waals surface area (Å²) in [7, 11) is 2.18. The van der Waals surface area contributed by atoms with Crippen LogP contribution in [0.1, 0.15) is 90.3 Å². The Kier molecular flexibility index (Phi) is 5.51. The van der Waals surface area contributed by atoms with Gasteiger partial charge >= 0.3 is 0 Å². The molecule has 1 aromatic carbocycles. The summed E-state index contributed by atoms with van der Waals surface area (Å²) in [6, 6.07) is 11.8. The Bertz CT molecular complexity index is 847. The molecule has 1 aliphatic carbocycles. The van der Waals surface area contributed by atoms with Gasteiger partial charge in [0.2, 0.25) is 5.69 Å². The van der Waals surface area contributed by atoms with Crippen LogP contribution in [-0.4, -0.2) is 0 Å². The van der Waals surface area contributed by atoms with Gasteiger partial charge in [-0.3, -0.25) is 0 Å². The zero-order chi connectivity index (χ0) is 20.7. The van der Waals surface area contributed by atoms with Crippen LogP contribution in [0.25, 0.3) is 11.3 Å². The maximum absolute atomic E-state index is 2.47. The molecule has 0 radical (unpaired) electrons. The van der Waals surface area contributed by atoms with Crippen molar-refractivity contribution < 1.29 is 4.57 Å². The van der Waals surface area contributed by atoms with Crippen LogP contribution >= 0.6 is 0 Å². The molecule has 0 bridgehead atoms. The highest BCUT2D eigenvalue weighted by atomic mass is 14.9. The first-order chi connectivity index (χ1) is 13.0. The van der Waals surface area contributed by atoms with E-state index in [1.165, 1.54) is 53.6 Å². The molecule has 1 aliphatic rings. The first-order valence-electron chi connectivity index (χ1n) is 11.1. The monoisotopic (exact) mass is 378 g/mol. The summed E-state index contributed by atoms with van der Waals surface area (Å²) in [6.45, 7) is 16.5. The molecular formula is C27H40N+. The number of nitrogens with zero attached hydrogens (tertiary/aromatic N) is 1. The normalized spacial score (nSPS) is 18.9. The van der Waals surface area contributed by atoms with Crippen molar-refractivity contribution in [1.82, 2.24) is 0 Å². The van der Waals surface area contributed by atoms with E-state index in [2.05, 4.69) is 96.6 Å². The highest BCUT2D eigenvalue weighted by molar-refractivity contribution is 5.62. The largest absolute Gasteiger partial charge is 0.212 e. The molecule has 28 heavy (non-hydrogen) atoms. The first kappa shape index (κ1) is 21.1. The maximum atomic E-state index is 2.47. The molecule has 1 heterocycles. The van der Waals surface area contributed by atoms with Gasteiger partial charge in [-0.2, -0.15) is 0 Å². The summed E-state index contributed by atoms with van der Waals surface area (Å²) >= 11 is 0. The molecule has 1 fully saturated rings. The fourth-order valence-corrected chi connectivity index (χ4v) is 4.59. The average Bonchev–Trinajstić information content (AvgIpc) is 2.64. The minimum atomic E-state index is 0.221. The topological polar surface area (TPSA) is 3.88 Å². The Morgan fingerprint density at radius 1 is 0.964 bits per heavy atom. The molecule has 0 spiro atoms. The Morgan fingerprint density at radius 3 is 2.14 bits per heavy atom. The van der Waals surface area contributed by atoms with Crippen molar-refractivity contribution in [2.24, 2.45) is 12.5 Å². The van der Waals surface area contributed by atoms with Crippen molar-refractivity contribution in [3.63, 3.8) is 0 Å². The lowest BCUT2D eigenvalue weighted by Gasteiger charge is -2.42. The quantitative estimate of drug-likeness (QED) is 0.503. The predicted octanol–water partition coefficient (Wildman–Crippen LogP) is 7.03. The third-order valence-electron chi connectivity index (χ3n) is 7.71. The lowest BCUT2D eigenvalue weighted by Crippen LogP contribution is -2.34. The third kappa shape index (κ3) is 4.04. The third-order valence-corrected chi connectivity index (χ3v) is 7.71. The van der Waals surface area contributed by atoms with Crippen LogP contribution in [0.5, 0.6) is 0 Å². The summed E-state index contributed by atoms with van der Waals surface area (Å²) in [5.41, 5.74) is 8.04. The molecule has 1 heteroatoms. The lowest BCUT2D eigenvalue weighted by atomic mass is 9.63. The van der Waals surface area contributed by atoms with E-state index in [9.17, 15) is 0 Å². The Balaban J connectivity index is 1.91. The summed E-state index contributed by atoms with van der Waals surface area (Å²) in [5.74, 6) is 0. The summed E-state index contributed by atoms with van der Waals surface area (Å²) in [5, 5.41) is 0. The van der Waals surface area contributed by atoms with Crippen molar-refractivity contribution in [2.45, 2.75) is 91.4 Å². The molecule has 152 valence electrons. The second kappa shape index (κ2) is 7.32. The van der Waals surface area contributed by atoms with Gasteiger partial charge in [-0.05, 0) is 78.5 Å². The smallest absolute Gasteiger partial charge is 0.201 e. The minimum Gasteiger partial charge on any atom is -0.201 e. The van der Waals surface area contributed by atoms with Gasteiger partial charge in [-0.1, -0.05) is 53.7 Å². The SMILES string of the molecule is CCC(C)(C)c1ccc(-c2ccc(C3(C)CCC(C)(C)CC3)cc2C)[n+](C)c1. The van der Waals surface area contributed by atoms with Crippen LogP contribution in [0.2, 0.25) is 0 Å². The van der Waals surface area contributed by atoms with Gasteiger partial charge in [0.05, 0.1) is 0 Å². The number of pyridine rings is 1. The van der Waals surface area contributed by atoms with Gasteiger partial charge in [-0.25, -0.2) is 4.57 Å². The molecule has 0 unspecified atom stereocenters. The Morgan fingerprint density at radius 2 is 1.61 bits per heavy atom. The van der Waals surface area contributed by atoms with Gasteiger partial charge in [-0.15, -0.1) is 0 Å². The van der Waals surface area contributed by atoms with E-state index in [-0.39, 0.29) is 5.41 Å². The van der Waals surface area contributed by atoms with Gasteiger partial charge < -0.3 is 0 Å². The maximum Gasteiger partial charge on any atom is 0.212 e. The van der Waals surface area contributed by atoms with Gasteiger partial charge in [0.15, 0.2) is 6.20 Å². The molecule has 0 saturated heterocycles. The number of hydrogen-bond acceptors (Lipinski definition) is 0. The Labute approximate surface area is 173 Å². The van der Waals surface area contributed by atoms with Crippen molar-refractivity contribution in [1.29, 1.82) is 0 Å². The van der Waals surface area contributed by atoms with E-state index < -0.39 is 0 Å². The van der Waals surface area contributed by atoms with Gasteiger partial charge in [0.25, 0.3) is 0 Å². The van der Waals surface area contributed by atoms with E-state index in [1.807, 2.05) is 0 Å². The molecule has 0 atom stereocenters. The summed E-state index contributed by atoms with van der Waals surface area (Å²) in [4.78, 5) is 0. The standard InChI is InChI=1S/C27H40N/c1-9-26(5,6)22-11-13-24(28(8)19-22)23-12-10-21(18-20(23)2)27(7)16-14-25(3,4)15-17-27/h10-13,18-19H,9,14-17H2,1-8H3/q+1. The molecular weight excluding hydrogens is 338 g/mol.